The minimum Gasteiger partial charge on any atom is -0.378 e. The van der Waals surface area contributed by atoms with Crippen LogP contribution in [0.15, 0.2) is 4.99 Å². The Morgan fingerprint density at radius 1 is 1.08 bits per heavy atom. The zero-order chi connectivity index (χ0) is 18.4. The Labute approximate surface area is 157 Å². The number of carbonyl (C=O) groups excluding carboxylic acids is 1. The summed E-state index contributed by atoms with van der Waals surface area (Å²) in [6, 6.07) is 0.612. The highest BCUT2D eigenvalue weighted by atomic mass is 16.5. The van der Waals surface area contributed by atoms with Crippen molar-refractivity contribution in [3.63, 3.8) is 0 Å². The van der Waals surface area contributed by atoms with Gasteiger partial charge in [0.15, 0.2) is 5.96 Å². The average Bonchev–Trinajstić information content (AvgIpc) is 3.40. The molecular weight excluding hydrogens is 330 g/mol. The maximum absolute atomic E-state index is 12.4. The van der Waals surface area contributed by atoms with Crippen LogP contribution in [0.25, 0.3) is 0 Å². The molecule has 0 spiro atoms. The van der Waals surface area contributed by atoms with E-state index in [0.29, 0.717) is 25.8 Å². The summed E-state index contributed by atoms with van der Waals surface area (Å²) in [5.74, 6) is 2.13. The molecule has 1 N–H and O–H groups in total. The fourth-order valence-corrected chi connectivity index (χ4v) is 3.89. The van der Waals surface area contributed by atoms with Crippen molar-refractivity contribution in [2.75, 3.05) is 65.6 Å². The van der Waals surface area contributed by atoms with Crippen molar-refractivity contribution in [2.24, 2.45) is 10.9 Å². The molecule has 0 radical (unpaired) electrons. The molecule has 7 nitrogen and oxygen atoms in total. The Bertz CT molecular complexity index is 484. The van der Waals surface area contributed by atoms with E-state index < -0.39 is 0 Å². The predicted octanol–water partition coefficient (Wildman–Crippen LogP) is 0.617. The number of piperazine rings is 1. The van der Waals surface area contributed by atoms with Crippen molar-refractivity contribution >= 4 is 11.9 Å². The number of guanidine groups is 1. The Morgan fingerprint density at radius 3 is 2.46 bits per heavy atom. The number of ether oxygens (including phenoxy) is 1. The second-order valence-electron chi connectivity index (χ2n) is 7.59. The summed E-state index contributed by atoms with van der Waals surface area (Å²) < 4.78 is 5.33. The number of hydrogen-bond acceptors (Lipinski definition) is 4. The van der Waals surface area contributed by atoms with E-state index in [1.165, 1.54) is 19.3 Å². The Balaban J connectivity index is 1.42. The lowest BCUT2D eigenvalue weighted by Crippen LogP contribution is -2.55. The zero-order valence-electron chi connectivity index (χ0n) is 16.5. The smallest absolute Gasteiger partial charge is 0.236 e. The predicted molar refractivity (Wildman–Crippen MR) is 103 cm³/mol. The normalized spacial score (nSPS) is 27.5. The number of nitrogens with one attached hydrogen (secondary N) is 1. The monoisotopic (exact) mass is 365 g/mol. The van der Waals surface area contributed by atoms with Crippen LogP contribution >= 0.6 is 0 Å². The third-order valence-electron chi connectivity index (χ3n) is 5.60. The van der Waals surface area contributed by atoms with Gasteiger partial charge in [-0.2, -0.15) is 0 Å². The number of carbonyl (C=O) groups is 1. The molecule has 0 aromatic rings. The zero-order valence-corrected chi connectivity index (χ0v) is 16.5. The van der Waals surface area contributed by atoms with Crippen LogP contribution in [0, 0.1) is 5.92 Å². The van der Waals surface area contributed by atoms with Crippen molar-refractivity contribution < 1.29 is 9.53 Å². The molecule has 7 heteroatoms. The molecule has 2 heterocycles. The van der Waals surface area contributed by atoms with Crippen LogP contribution in [0.1, 0.15) is 33.1 Å². The molecule has 2 aliphatic heterocycles. The highest BCUT2D eigenvalue weighted by molar-refractivity contribution is 5.81. The van der Waals surface area contributed by atoms with Gasteiger partial charge in [0.05, 0.1) is 19.8 Å². The first-order chi connectivity index (χ1) is 12.7. The van der Waals surface area contributed by atoms with Gasteiger partial charge in [-0.1, -0.05) is 13.3 Å². The first-order valence-electron chi connectivity index (χ1n) is 10.3. The second-order valence-corrected chi connectivity index (χ2v) is 7.59. The quantitative estimate of drug-likeness (QED) is 0.552. The molecule has 3 rings (SSSR count). The van der Waals surface area contributed by atoms with E-state index >= 15 is 0 Å². The Morgan fingerprint density at radius 2 is 1.81 bits per heavy atom. The maximum Gasteiger partial charge on any atom is 0.236 e. The van der Waals surface area contributed by atoms with Crippen LogP contribution in [0.3, 0.4) is 0 Å². The van der Waals surface area contributed by atoms with Crippen LogP contribution in [-0.2, 0) is 9.53 Å². The van der Waals surface area contributed by atoms with Crippen molar-refractivity contribution in [2.45, 2.75) is 39.2 Å². The molecule has 1 saturated carbocycles. The first-order valence-corrected chi connectivity index (χ1v) is 10.3. The molecule has 3 aliphatic rings. The summed E-state index contributed by atoms with van der Waals surface area (Å²) in [6.45, 7) is 12.2. The van der Waals surface area contributed by atoms with Gasteiger partial charge in [0.25, 0.3) is 0 Å². The Hall–Kier alpha value is -1.34. The van der Waals surface area contributed by atoms with E-state index in [1.54, 1.807) is 0 Å². The lowest BCUT2D eigenvalue weighted by atomic mass is 10.2. The number of aliphatic imine (C=N–C) groups is 1. The van der Waals surface area contributed by atoms with E-state index in [9.17, 15) is 4.79 Å². The van der Waals surface area contributed by atoms with E-state index in [0.717, 1.165) is 57.7 Å². The van der Waals surface area contributed by atoms with E-state index in [-0.39, 0.29) is 5.91 Å². The Kier molecular flexibility index (Phi) is 7.14. The molecule has 0 bridgehead atoms. The molecule has 0 aromatic heterocycles. The second kappa shape index (κ2) is 9.55. The van der Waals surface area contributed by atoms with Crippen molar-refractivity contribution in [1.29, 1.82) is 0 Å². The average molecular weight is 366 g/mol. The van der Waals surface area contributed by atoms with Gasteiger partial charge in [-0.15, -0.1) is 0 Å². The summed E-state index contributed by atoms with van der Waals surface area (Å²) in [6.07, 6.45) is 3.86. The van der Waals surface area contributed by atoms with Gasteiger partial charge in [0, 0.05) is 51.9 Å². The first kappa shape index (κ1) is 19.4. The summed E-state index contributed by atoms with van der Waals surface area (Å²) in [5.41, 5.74) is 0. The molecular formula is C19H35N5O2. The lowest BCUT2D eigenvalue weighted by Gasteiger charge is -2.37. The SMILES string of the molecule is CCCC1CC1NC(=NCC)N1CCN(CC(=O)N2CCOCC2)CC1. The summed E-state index contributed by atoms with van der Waals surface area (Å²) in [5, 5.41) is 3.67. The van der Waals surface area contributed by atoms with E-state index in [1.807, 2.05) is 4.90 Å². The standard InChI is InChI=1S/C19H35N5O2/c1-3-5-16-14-17(16)21-19(20-4-2)24-8-6-22(7-9-24)15-18(25)23-10-12-26-13-11-23/h16-17H,3-15H2,1-2H3,(H,20,21). The molecule has 2 unspecified atom stereocenters. The summed E-state index contributed by atoms with van der Waals surface area (Å²) >= 11 is 0. The maximum atomic E-state index is 12.4. The molecule has 1 amide bonds. The largest absolute Gasteiger partial charge is 0.378 e. The van der Waals surface area contributed by atoms with E-state index in [2.05, 4.69) is 29.0 Å². The van der Waals surface area contributed by atoms with Crippen LogP contribution in [-0.4, -0.2) is 98.2 Å². The van der Waals surface area contributed by atoms with Crippen LogP contribution < -0.4 is 5.32 Å². The number of nitrogens with zero attached hydrogens (tertiary/aromatic N) is 4. The number of rotatable bonds is 6. The molecule has 2 saturated heterocycles. The minimum absolute atomic E-state index is 0.239. The highest BCUT2D eigenvalue weighted by Gasteiger charge is 2.37. The fourth-order valence-electron chi connectivity index (χ4n) is 3.89. The molecule has 148 valence electrons. The molecule has 0 aromatic carbocycles. The third-order valence-corrected chi connectivity index (χ3v) is 5.60. The molecule has 2 atom stereocenters. The van der Waals surface area contributed by atoms with Crippen LogP contribution in [0.4, 0.5) is 0 Å². The van der Waals surface area contributed by atoms with Gasteiger partial charge in [-0.25, -0.2) is 0 Å². The fraction of sp³-hybridized carbons (Fsp3) is 0.895. The van der Waals surface area contributed by atoms with Crippen molar-refractivity contribution in [3.8, 4) is 0 Å². The van der Waals surface area contributed by atoms with Crippen LogP contribution in [0.2, 0.25) is 0 Å². The van der Waals surface area contributed by atoms with Gasteiger partial charge in [-0.3, -0.25) is 14.7 Å². The van der Waals surface area contributed by atoms with Crippen LogP contribution in [0.5, 0.6) is 0 Å². The van der Waals surface area contributed by atoms with Gasteiger partial charge in [0.1, 0.15) is 0 Å². The number of amides is 1. The summed E-state index contributed by atoms with van der Waals surface area (Å²) in [7, 11) is 0. The molecule has 1 aliphatic carbocycles. The van der Waals surface area contributed by atoms with E-state index in [4.69, 9.17) is 9.73 Å². The number of hydrogen-bond donors (Lipinski definition) is 1. The third kappa shape index (κ3) is 5.33. The van der Waals surface area contributed by atoms with Gasteiger partial charge in [-0.05, 0) is 25.7 Å². The summed E-state index contributed by atoms with van der Waals surface area (Å²) in [4.78, 5) is 23.7. The molecule has 3 fully saturated rings. The molecule has 26 heavy (non-hydrogen) atoms. The lowest BCUT2D eigenvalue weighted by molar-refractivity contribution is -0.136. The van der Waals surface area contributed by atoms with Crippen molar-refractivity contribution in [3.05, 3.63) is 0 Å². The van der Waals surface area contributed by atoms with Crippen molar-refractivity contribution in [1.82, 2.24) is 20.0 Å². The van der Waals surface area contributed by atoms with Gasteiger partial charge >= 0.3 is 0 Å². The highest BCUT2D eigenvalue weighted by Crippen LogP contribution is 2.34. The number of morpholine rings is 1. The topological polar surface area (TPSA) is 60.4 Å². The minimum atomic E-state index is 0.239. The van der Waals surface area contributed by atoms with Gasteiger partial charge in [0.2, 0.25) is 5.91 Å². The van der Waals surface area contributed by atoms with Gasteiger partial charge < -0.3 is 19.9 Å².